The van der Waals surface area contributed by atoms with Crippen LogP contribution in [0.2, 0.25) is 0 Å². The first-order chi connectivity index (χ1) is 14.2. The van der Waals surface area contributed by atoms with E-state index in [-0.39, 0.29) is 12.2 Å². The van der Waals surface area contributed by atoms with Crippen molar-refractivity contribution in [2.45, 2.75) is 13.1 Å². The lowest BCUT2D eigenvalue weighted by atomic mass is 10.1. The van der Waals surface area contributed by atoms with Gasteiger partial charge < -0.3 is 16.8 Å². The van der Waals surface area contributed by atoms with E-state index in [1.807, 2.05) is 42.5 Å². The summed E-state index contributed by atoms with van der Waals surface area (Å²) in [6.45, 7) is 0.759. The van der Waals surface area contributed by atoms with Crippen molar-refractivity contribution in [2.24, 2.45) is 11.5 Å². The van der Waals surface area contributed by atoms with Crippen LogP contribution in [0.15, 0.2) is 67.0 Å². The summed E-state index contributed by atoms with van der Waals surface area (Å²) in [5.74, 6) is 0.127. The molecule has 144 valence electrons. The van der Waals surface area contributed by atoms with Crippen LogP contribution in [-0.2, 0) is 13.1 Å². The molecule has 0 saturated carbocycles. The molecule has 0 bridgehead atoms. The zero-order valence-corrected chi connectivity index (χ0v) is 15.7. The van der Waals surface area contributed by atoms with Crippen LogP contribution < -0.4 is 16.8 Å². The molecule has 0 radical (unpaired) electrons. The molecule has 7 nitrogen and oxygen atoms in total. The van der Waals surface area contributed by atoms with Gasteiger partial charge in [0.25, 0.3) is 5.91 Å². The van der Waals surface area contributed by atoms with Crippen LogP contribution in [0.4, 0.5) is 5.82 Å². The number of primary amides is 1. The van der Waals surface area contributed by atoms with E-state index in [0.29, 0.717) is 17.9 Å². The van der Waals surface area contributed by atoms with Gasteiger partial charge in [0.15, 0.2) is 5.69 Å². The van der Waals surface area contributed by atoms with E-state index >= 15 is 0 Å². The molecule has 0 saturated heterocycles. The molecule has 5 N–H and O–H groups in total. The Hall–Kier alpha value is -3.84. The first-order valence-electron chi connectivity index (χ1n) is 9.18. The van der Waals surface area contributed by atoms with Gasteiger partial charge in [0.1, 0.15) is 5.82 Å². The molecule has 2 heterocycles. The molecule has 0 atom stereocenters. The first-order valence-corrected chi connectivity index (χ1v) is 9.18. The number of carbonyl (C=O) groups excluding carboxylic acids is 1. The Balaban J connectivity index is 1.72. The molecular weight excluding hydrogens is 364 g/mol. The second kappa shape index (κ2) is 8.04. The van der Waals surface area contributed by atoms with Gasteiger partial charge in [-0.1, -0.05) is 42.5 Å². The number of nitrogens with two attached hydrogens (primary N) is 2. The van der Waals surface area contributed by atoms with E-state index in [2.05, 4.69) is 32.4 Å². The molecule has 0 aliphatic heterocycles. The fourth-order valence-corrected chi connectivity index (χ4v) is 3.15. The lowest BCUT2D eigenvalue weighted by Gasteiger charge is -2.11. The minimum Gasteiger partial charge on any atom is -0.365 e. The second-order valence-corrected chi connectivity index (χ2v) is 6.55. The Morgan fingerprint density at radius 3 is 2.62 bits per heavy atom. The van der Waals surface area contributed by atoms with E-state index in [0.717, 1.165) is 27.7 Å². The predicted octanol–water partition coefficient (Wildman–Crippen LogP) is 2.86. The third-order valence-electron chi connectivity index (χ3n) is 4.64. The molecule has 4 rings (SSSR count). The zero-order chi connectivity index (χ0) is 20.2. The molecule has 7 heteroatoms. The number of pyridine rings is 1. The maximum Gasteiger partial charge on any atom is 0.269 e. The monoisotopic (exact) mass is 384 g/mol. The van der Waals surface area contributed by atoms with Crippen molar-refractivity contribution in [3.63, 3.8) is 0 Å². The van der Waals surface area contributed by atoms with Crippen LogP contribution in [0, 0.1) is 0 Å². The van der Waals surface area contributed by atoms with Gasteiger partial charge in [0, 0.05) is 30.2 Å². The number of benzene rings is 2. The molecule has 4 aromatic rings. The van der Waals surface area contributed by atoms with Gasteiger partial charge >= 0.3 is 0 Å². The minimum atomic E-state index is -0.646. The molecule has 0 aliphatic rings. The Bertz CT molecular complexity index is 1180. The Labute approximate surface area is 167 Å². The van der Waals surface area contributed by atoms with Crippen molar-refractivity contribution >= 4 is 22.5 Å². The SMILES string of the molecule is NCc1ncc(-c2ccc3ccnc(NCc4ccccc4)c3c2)nc1C(N)=O. The number of aromatic nitrogens is 3. The number of nitrogens with one attached hydrogen (secondary N) is 1. The van der Waals surface area contributed by atoms with E-state index in [1.54, 1.807) is 12.4 Å². The quantitative estimate of drug-likeness (QED) is 0.470. The zero-order valence-electron chi connectivity index (χ0n) is 15.7. The van der Waals surface area contributed by atoms with E-state index in [9.17, 15) is 4.79 Å². The fraction of sp³-hybridized carbons (Fsp3) is 0.0909. The van der Waals surface area contributed by atoms with Crippen molar-refractivity contribution in [3.8, 4) is 11.3 Å². The summed E-state index contributed by atoms with van der Waals surface area (Å²) >= 11 is 0. The summed E-state index contributed by atoms with van der Waals surface area (Å²) in [7, 11) is 0. The highest BCUT2D eigenvalue weighted by molar-refractivity contribution is 5.95. The number of hydrogen-bond donors (Lipinski definition) is 3. The van der Waals surface area contributed by atoms with Crippen LogP contribution in [0.3, 0.4) is 0 Å². The van der Waals surface area contributed by atoms with Gasteiger partial charge in [-0.15, -0.1) is 0 Å². The maximum absolute atomic E-state index is 11.7. The van der Waals surface area contributed by atoms with Crippen LogP contribution in [0.25, 0.3) is 22.0 Å². The Morgan fingerprint density at radius 1 is 1.03 bits per heavy atom. The van der Waals surface area contributed by atoms with E-state index < -0.39 is 5.91 Å². The van der Waals surface area contributed by atoms with E-state index in [1.165, 1.54) is 0 Å². The number of rotatable bonds is 6. The van der Waals surface area contributed by atoms with Crippen molar-refractivity contribution in [3.05, 3.63) is 83.9 Å². The number of hydrogen-bond acceptors (Lipinski definition) is 6. The number of amides is 1. The van der Waals surface area contributed by atoms with Gasteiger partial charge in [-0.2, -0.15) is 0 Å². The standard InChI is InChI=1S/C22H20N6O/c23-11-18-20(21(24)29)28-19(13-26-18)16-7-6-15-8-9-25-22(17(15)10-16)27-12-14-4-2-1-3-5-14/h1-10,13H,11-12,23H2,(H2,24,29)(H,25,27). The van der Waals surface area contributed by atoms with Crippen molar-refractivity contribution in [2.75, 3.05) is 5.32 Å². The molecule has 0 unspecified atom stereocenters. The highest BCUT2D eigenvalue weighted by Crippen LogP contribution is 2.27. The van der Waals surface area contributed by atoms with Crippen LogP contribution >= 0.6 is 0 Å². The van der Waals surface area contributed by atoms with Crippen molar-refractivity contribution in [1.29, 1.82) is 0 Å². The summed E-state index contributed by atoms with van der Waals surface area (Å²) in [6.07, 6.45) is 3.37. The molecule has 2 aromatic heterocycles. The molecule has 0 spiro atoms. The lowest BCUT2D eigenvalue weighted by Crippen LogP contribution is -2.19. The predicted molar refractivity (Wildman–Crippen MR) is 113 cm³/mol. The summed E-state index contributed by atoms with van der Waals surface area (Å²) in [4.78, 5) is 24.8. The Kier molecular flexibility index (Phi) is 5.13. The fourth-order valence-electron chi connectivity index (χ4n) is 3.15. The second-order valence-electron chi connectivity index (χ2n) is 6.55. The van der Waals surface area contributed by atoms with Gasteiger partial charge in [0.2, 0.25) is 0 Å². The smallest absolute Gasteiger partial charge is 0.269 e. The highest BCUT2D eigenvalue weighted by atomic mass is 16.1. The minimum absolute atomic E-state index is 0.0960. The Morgan fingerprint density at radius 2 is 1.86 bits per heavy atom. The van der Waals surface area contributed by atoms with Crippen molar-refractivity contribution < 1.29 is 4.79 Å². The lowest BCUT2D eigenvalue weighted by molar-refractivity contribution is 0.0994. The largest absolute Gasteiger partial charge is 0.365 e. The summed E-state index contributed by atoms with van der Waals surface area (Å²) in [6, 6.07) is 18.0. The van der Waals surface area contributed by atoms with Crippen LogP contribution in [0.1, 0.15) is 21.7 Å². The molecule has 2 aromatic carbocycles. The third-order valence-corrected chi connectivity index (χ3v) is 4.64. The van der Waals surface area contributed by atoms with Crippen molar-refractivity contribution in [1.82, 2.24) is 15.0 Å². The molecule has 0 fully saturated rings. The summed E-state index contributed by atoms with van der Waals surface area (Å²) in [5, 5.41) is 5.39. The average Bonchev–Trinajstić information content (AvgIpc) is 2.77. The van der Waals surface area contributed by atoms with Gasteiger partial charge in [-0.25, -0.2) is 9.97 Å². The number of fused-ring (bicyclic) bond motifs is 1. The topological polar surface area (TPSA) is 120 Å². The normalized spacial score (nSPS) is 10.8. The summed E-state index contributed by atoms with van der Waals surface area (Å²) in [5.41, 5.74) is 14.1. The molecule has 1 amide bonds. The molecule has 29 heavy (non-hydrogen) atoms. The number of carbonyl (C=O) groups is 1. The van der Waals surface area contributed by atoms with Crippen LogP contribution in [0.5, 0.6) is 0 Å². The summed E-state index contributed by atoms with van der Waals surface area (Å²) < 4.78 is 0. The number of anilines is 1. The third kappa shape index (κ3) is 3.90. The van der Waals surface area contributed by atoms with Gasteiger partial charge in [0.05, 0.1) is 17.6 Å². The molecule has 0 aliphatic carbocycles. The van der Waals surface area contributed by atoms with Crippen LogP contribution in [-0.4, -0.2) is 20.9 Å². The van der Waals surface area contributed by atoms with Gasteiger partial charge in [-0.3, -0.25) is 9.78 Å². The highest BCUT2D eigenvalue weighted by Gasteiger charge is 2.13. The van der Waals surface area contributed by atoms with Gasteiger partial charge in [-0.05, 0) is 23.1 Å². The maximum atomic E-state index is 11.7. The average molecular weight is 384 g/mol. The number of nitrogens with zero attached hydrogens (tertiary/aromatic N) is 3. The van der Waals surface area contributed by atoms with E-state index in [4.69, 9.17) is 11.5 Å². The molecular formula is C22H20N6O. The first kappa shape index (κ1) is 18.5.